The van der Waals surface area contributed by atoms with Gasteiger partial charge >= 0.3 is 0 Å². The smallest absolute Gasteiger partial charge is 0.0253 e. The zero-order chi connectivity index (χ0) is 13.9. The minimum atomic E-state index is 1.13. The van der Waals surface area contributed by atoms with Crippen molar-refractivity contribution in [2.45, 2.75) is 6.92 Å². The third kappa shape index (κ3) is 2.68. The molecular formula is C19H15Br. The Morgan fingerprint density at radius 3 is 2.05 bits per heavy atom. The molecule has 0 heterocycles. The van der Waals surface area contributed by atoms with Crippen molar-refractivity contribution in [3.63, 3.8) is 0 Å². The van der Waals surface area contributed by atoms with E-state index in [-0.39, 0.29) is 0 Å². The van der Waals surface area contributed by atoms with Crippen molar-refractivity contribution in [3.8, 4) is 22.3 Å². The van der Waals surface area contributed by atoms with Crippen molar-refractivity contribution < 1.29 is 0 Å². The molecule has 0 radical (unpaired) electrons. The average molecular weight is 323 g/mol. The summed E-state index contributed by atoms with van der Waals surface area (Å²) in [7, 11) is 0. The second-order valence-corrected chi connectivity index (χ2v) is 5.78. The van der Waals surface area contributed by atoms with Gasteiger partial charge in [-0.3, -0.25) is 0 Å². The molecule has 0 bridgehead atoms. The highest BCUT2D eigenvalue weighted by Crippen LogP contribution is 2.31. The maximum atomic E-state index is 3.63. The van der Waals surface area contributed by atoms with Crippen molar-refractivity contribution in [1.29, 1.82) is 0 Å². The van der Waals surface area contributed by atoms with Crippen molar-refractivity contribution in [2.24, 2.45) is 0 Å². The van der Waals surface area contributed by atoms with Gasteiger partial charge in [0, 0.05) is 4.47 Å². The summed E-state index contributed by atoms with van der Waals surface area (Å²) in [6, 6.07) is 25.6. The summed E-state index contributed by atoms with van der Waals surface area (Å²) in [5.74, 6) is 0. The lowest BCUT2D eigenvalue weighted by Crippen LogP contribution is -1.83. The quantitative estimate of drug-likeness (QED) is 0.535. The Bertz CT molecular complexity index is 744. The molecule has 0 N–H and O–H groups in total. The summed E-state index contributed by atoms with van der Waals surface area (Å²) in [4.78, 5) is 0. The fourth-order valence-electron chi connectivity index (χ4n) is 2.39. The maximum Gasteiger partial charge on any atom is 0.0253 e. The third-order valence-corrected chi connectivity index (χ3v) is 4.09. The number of halogens is 1. The summed E-state index contributed by atoms with van der Waals surface area (Å²) in [6.07, 6.45) is 0. The van der Waals surface area contributed by atoms with E-state index in [1.807, 2.05) is 6.07 Å². The van der Waals surface area contributed by atoms with E-state index >= 15 is 0 Å². The van der Waals surface area contributed by atoms with Crippen LogP contribution in [0.2, 0.25) is 0 Å². The first-order valence-corrected chi connectivity index (χ1v) is 7.45. The van der Waals surface area contributed by atoms with E-state index in [2.05, 4.69) is 89.6 Å². The second kappa shape index (κ2) is 5.64. The number of hydrogen-bond acceptors (Lipinski definition) is 0. The van der Waals surface area contributed by atoms with Gasteiger partial charge < -0.3 is 0 Å². The number of benzene rings is 3. The van der Waals surface area contributed by atoms with Gasteiger partial charge in [-0.15, -0.1) is 0 Å². The maximum absolute atomic E-state index is 3.63. The molecule has 0 aliphatic carbocycles. The van der Waals surface area contributed by atoms with Gasteiger partial charge in [0.1, 0.15) is 0 Å². The Morgan fingerprint density at radius 2 is 1.30 bits per heavy atom. The van der Waals surface area contributed by atoms with E-state index in [1.165, 1.54) is 27.8 Å². The molecule has 0 saturated heterocycles. The SMILES string of the molecule is Cc1cccc(-c2cccc(-c3ccccc3Br)c2)c1. The largest absolute Gasteiger partial charge is 0.0616 e. The van der Waals surface area contributed by atoms with Gasteiger partial charge in [-0.05, 0) is 41.3 Å². The van der Waals surface area contributed by atoms with Gasteiger partial charge in [-0.25, -0.2) is 0 Å². The summed E-state index contributed by atoms with van der Waals surface area (Å²) in [6.45, 7) is 2.13. The Labute approximate surface area is 128 Å². The molecule has 1 heteroatoms. The van der Waals surface area contributed by atoms with Crippen molar-refractivity contribution in [1.82, 2.24) is 0 Å². The van der Waals surface area contributed by atoms with Crippen LogP contribution >= 0.6 is 15.9 Å². The second-order valence-electron chi connectivity index (χ2n) is 4.93. The molecule has 98 valence electrons. The van der Waals surface area contributed by atoms with Gasteiger partial charge in [0.15, 0.2) is 0 Å². The minimum Gasteiger partial charge on any atom is -0.0616 e. The average Bonchev–Trinajstić information content (AvgIpc) is 2.48. The Balaban J connectivity index is 2.09. The zero-order valence-electron chi connectivity index (χ0n) is 11.3. The lowest BCUT2D eigenvalue weighted by atomic mass is 9.98. The van der Waals surface area contributed by atoms with Crippen LogP contribution in [0.25, 0.3) is 22.3 Å². The van der Waals surface area contributed by atoms with Crippen LogP contribution in [0.15, 0.2) is 77.3 Å². The van der Waals surface area contributed by atoms with Gasteiger partial charge in [0.05, 0.1) is 0 Å². The van der Waals surface area contributed by atoms with Gasteiger partial charge in [0.25, 0.3) is 0 Å². The molecule has 20 heavy (non-hydrogen) atoms. The molecule has 0 aliphatic heterocycles. The summed E-state index contributed by atoms with van der Waals surface area (Å²) < 4.78 is 1.13. The highest BCUT2D eigenvalue weighted by atomic mass is 79.9. The molecule has 3 aromatic carbocycles. The van der Waals surface area contributed by atoms with Crippen LogP contribution in [-0.4, -0.2) is 0 Å². The lowest BCUT2D eigenvalue weighted by Gasteiger charge is -2.08. The number of rotatable bonds is 2. The normalized spacial score (nSPS) is 10.5. The molecule has 0 saturated carbocycles. The highest BCUT2D eigenvalue weighted by molar-refractivity contribution is 9.10. The zero-order valence-corrected chi connectivity index (χ0v) is 12.9. The number of hydrogen-bond donors (Lipinski definition) is 0. The van der Waals surface area contributed by atoms with Crippen LogP contribution in [0.4, 0.5) is 0 Å². The standard InChI is InChI=1S/C19H15Br/c1-14-6-4-7-15(12-14)16-8-5-9-17(13-16)18-10-2-3-11-19(18)20/h2-13H,1H3. The lowest BCUT2D eigenvalue weighted by molar-refractivity contribution is 1.46. The van der Waals surface area contributed by atoms with Crippen LogP contribution < -0.4 is 0 Å². The molecule has 0 aliphatic rings. The third-order valence-electron chi connectivity index (χ3n) is 3.40. The Kier molecular flexibility index (Phi) is 3.70. The Morgan fingerprint density at radius 1 is 0.650 bits per heavy atom. The molecule has 0 aromatic heterocycles. The van der Waals surface area contributed by atoms with Crippen LogP contribution in [0.3, 0.4) is 0 Å². The van der Waals surface area contributed by atoms with Crippen molar-refractivity contribution in [2.75, 3.05) is 0 Å². The highest BCUT2D eigenvalue weighted by Gasteiger charge is 2.04. The van der Waals surface area contributed by atoms with Gasteiger partial charge in [0.2, 0.25) is 0 Å². The molecule has 0 amide bonds. The predicted molar refractivity (Wildman–Crippen MR) is 89.8 cm³/mol. The summed E-state index contributed by atoms with van der Waals surface area (Å²) in [5.41, 5.74) is 6.26. The molecule has 0 spiro atoms. The monoisotopic (exact) mass is 322 g/mol. The topological polar surface area (TPSA) is 0 Å². The van der Waals surface area contributed by atoms with E-state index in [4.69, 9.17) is 0 Å². The molecular weight excluding hydrogens is 308 g/mol. The minimum absolute atomic E-state index is 1.13. The van der Waals surface area contributed by atoms with Crippen LogP contribution in [0.5, 0.6) is 0 Å². The van der Waals surface area contributed by atoms with Gasteiger partial charge in [-0.2, -0.15) is 0 Å². The molecule has 3 rings (SSSR count). The van der Waals surface area contributed by atoms with Crippen LogP contribution in [0, 0.1) is 6.92 Å². The van der Waals surface area contributed by atoms with E-state index in [1.54, 1.807) is 0 Å². The molecule has 3 aromatic rings. The number of aryl methyl sites for hydroxylation is 1. The summed E-state index contributed by atoms with van der Waals surface area (Å²) in [5, 5.41) is 0. The first-order valence-electron chi connectivity index (χ1n) is 6.66. The molecule has 0 nitrogen and oxygen atoms in total. The molecule has 0 unspecified atom stereocenters. The van der Waals surface area contributed by atoms with Crippen LogP contribution in [-0.2, 0) is 0 Å². The Hall–Kier alpha value is -1.86. The van der Waals surface area contributed by atoms with Gasteiger partial charge in [-0.1, -0.05) is 82.2 Å². The van der Waals surface area contributed by atoms with E-state index in [9.17, 15) is 0 Å². The van der Waals surface area contributed by atoms with E-state index in [0.717, 1.165) is 4.47 Å². The van der Waals surface area contributed by atoms with Crippen LogP contribution in [0.1, 0.15) is 5.56 Å². The van der Waals surface area contributed by atoms with Crippen molar-refractivity contribution in [3.05, 3.63) is 82.8 Å². The first-order chi connectivity index (χ1) is 9.74. The molecule has 0 atom stereocenters. The summed E-state index contributed by atoms with van der Waals surface area (Å²) >= 11 is 3.63. The molecule has 0 fully saturated rings. The van der Waals surface area contributed by atoms with Crippen molar-refractivity contribution >= 4 is 15.9 Å². The fraction of sp³-hybridized carbons (Fsp3) is 0.0526. The first kappa shape index (κ1) is 13.1. The predicted octanol–water partition coefficient (Wildman–Crippen LogP) is 6.09. The van der Waals surface area contributed by atoms with E-state index in [0.29, 0.717) is 0 Å². The van der Waals surface area contributed by atoms with E-state index < -0.39 is 0 Å². The fourth-order valence-corrected chi connectivity index (χ4v) is 2.90.